The van der Waals surface area contributed by atoms with Crippen molar-refractivity contribution in [3.05, 3.63) is 60.7 Å². The molecule has 0 aliphatic rings. The standard InChI is InChI=1S/C39H25N3O16/c43-20-13(14-24(47)32(55)34(57)33(56)25(14)48)21(44)23(46)15(22(20)45)16-27(50)31(54)28(51)17-18-26(49)29(52)19(30(53)36(18)58-35(16)17)39-41-37(11-7-3-1-4-8-11)40-38(42-39)12-9-5-2-6-10-12/h1-10,43-57H. The summed E-state index contributed by atoms with van der Waals surface area (Å²) >= 11 is 0. The lowest BCUT2D eigenvalue weighted by molar-refractivity contribution is 0.329. The van der Waals surface area contributed by atoms with E-state index in [1.54, 1.807) is 60.7 Å². The molecule has 0 atom stereocenters. The van der Waals surface area contributed by atoms with Crippen LogP contribution < -0.4 is 0 Å². The molecule has 0 saturated heterocycles. The van der Waals surface area contributed by atoms with Gasteiger partial charge in [-0.15, -0.1) is 0 Å². The SMILES string of the molecule is Oc1c(O)c(O)c(-c2c(O)c(O)c(-c3c(O)c(O)c(O)c4c3oc3c(O)c(-c5nc(-c6ccccc6)nc(-c6ccccc6)n5)c(O)c(O)c34)c(O)c2O)c(O)c1O. The van der Waals surface area contributed by atoms with E-state index in [0.717, 1.165) is 0 Å². The van der Waals surface area contributed by atoms with Gasteiger partial charge in [-0.25, -0.2) is 15.0 Å². The number of phenols is 15. The zero-order chi connectivity index (χ0) is 41.6. The number of rotatable bonds is 5. The van der Waals surface area contributed by atoms with Crippen LogP contribution in [0.25, 0.3) is 78.4 Å². The second-order valence-electron chi connectivity index (χ2n) is 12.7. The Morgan fingerprint density at radius 2 is 0.586 bits per heavy atom. The molecule has 19 heteroatoms. The summed E-state index contributed by atoms with van der Waals surface area (Å²) in [6, 6.07) is 17.0. The van der Waals surface area contributed by atoms with Crippen LogP contribution >= 0.6 is 0 Å². The summed E-state index contributed by atoms with van der Waals surface area (Å²) in [5, 5.41) is 162. The molecule has 0 aliphatic carbocycles. The Kier molecular flexibility index (Phi) is 7.84. The van der Waals surface area contributed by atoms with Crippen molar-refractivity contribution in [3.63, 3.8) is 0 Å². The first-order valence-corrected chi connectivity index (χ1v) is 16.4. The van der Waals surface area contributed by atoms with Gasteiger partial charge in [-0.05, 0) is 0 Å². The summed E-state index contributed by atoms with van der Waals surface area (Å²) in [7, 11) is 0. The quantitative estimate of drug-likeness (QED) is 0.0735. The molecule has 8 rings (SSSR count). The van der Waals surface area contributed by atoms with E-state index in [2.05, 4.69) is 15.0 Å². The molecular weight excluding hydrogens is 766 g/mol. The number of aromatic nitrogens is 3. The van der Waals surface area contributed by atoms with Gasteiger partial charge in [0.1, 0.15) is 5.56 Å². The molecule has 8 aromatic rings. The predicted octanol–water partition coefficient (Wildman–Crippen LogP) is 5.69. The number of hydrogen-bond acceptors (Lipinski definition) is 19. The fraction of sp³-hybridized carbons (Fsp3) is 0. The Morgan fingerprint density at radius 1 is 0.276 bits per heavy atom. The fourth-order valence-corrected chi connectivity index (χ4v) is 6.60. The van der Waals surface area contributed by atoms with Gasteiger partial charge in [0.05, 0.1) is 33.0 Å². The Hall–Kier alpha value is -8.87. The minimum atomic E-state index is -1.54. The average molecular weight is 792 g/mol. The van der Waals surface area contributed by atoms with Gasteiger partial charge in [0.25, 0.3) is 0 Å². The molecule has 2 heterocycles. The molecule has 0 aliphatic heterocycles. The van der Waals surface area contributed by atoms with Crippen LogP contribution in [0.2, 0.25) is 0 Å². The highest BCUT2D eigenvalue weighted by atomic mass is 16.4. The van der Waals surface area contributed by atoms with Crippen molar-refractivity contribution in [1.82, 2.24) is 15.0 Å². The van der Waals surface area contributed by atoms with E-state index in [4.69, 9.17) is 4.42 Å². The van der Waals surface area contributed by atoms with Crippen LogP contribution in [-0.2, 0) is 0 Å². The number of phenolic OH excluding ortho intramolecular Hbond substituents is 15. The van der Waals surface area contributed by atoms with Crippen molar-refractivity contribution in [2.24, 2.45) is 0 Å². The lowest BCUT2D eigenvalue weighted by Crippen LogP contribution is -2.00. The van der Waals surface area contributed by atoms with E-state index >= 15 is 0 Å². The van der Waals surface area contributed by atoms with E-state index in [0.29, 0.717) is 11.1 Å². The summed E-state index contributed by atoms with van der Waals surface area (Å²) in [5.74, 6) is -21.0. The van der Waals surface area contributed by atoms with Gasteiger partial charge >= 0.3 is 0 Å². The summed E-state index contributed by atoms with van der Waals surface area (Å²) < 4.78 is 5.82. The lowest BCUT2D eigenvalue weighted by Gasteiger charge is -2.19. The first-order valence-electron chi connectivity index (χ1n) is 16.4. The molecule has 0 saturated carbocycles. The third kappa shape index (κ3) is 4.90. The number of nitrogens with zero attached hydrogens (tertiary/aromatic N) is 3. The number of hydrogen-bond donors (Lipinski definition) is 15. The number of fused-ring (bicyclic) bond motifs is 3. The van der Waals surface area contributed by atoms with Crippen LogP contribution in [0.5, 0.6) is 86.2 Å². The van der Waals surface area contributed by atoms with Crippen LogP contribution in [0.3, 0.4) is 0 Å². The highest BCUT2D eigenvalue weighted by Crippen LogP contribution is 2.65. The minimum Gasteiger partial charge on any atom is -0.504 e. The van der Waals surface area contributed by atoms with Gasteiger partial charge in [-0.1, -0.05) is 60.7 Å². The van der Waals surface area contributed by atoms with Crippen molar-refractivity contribution >= 4 is 21.9 Å². The van der Waals surface area contributed by atoms with Gasteiger partial charge in [-0.2, -0.15) is 0 Å². The van der Waals surface area contributed by atoms with E-state index in [9.17, 15) is 76.6 Å². The van der Waals surface area contributed by atoms with Crippen molar-refractivity contribution in [3.8, 4) is 143 Å². The number of benzene rings is 6. The predicted molar refractivity (Wildman–Crippen MR) is 199 cm³/mol. The van der Waals surface area contributed by atoms with E-state index in [-0.39, 0.29) is 11.6 Å². The minimum absolute atomic E-state index is 0.0654. The summed E-state index contributed by atoms with van der Waals surface area (Å²) in [4.78, 5) is 13.3. The zero-order valence-corrected chi connectivity index (χ0v) is 28.7. The summed E-state index contributed by atoms with van der Waals surface area (Å²) in [6.45, 7) is 0. The molecule has 19 nitrogen and oxygen atoms in total. The molecule has 0 unspecified atom stereocenters. The van der Waals surface area contributed by atoms with Gasteiger partial charge in [0.15, 0.2) is 91.9 Å². The molecule has 0 amide bonds. The lowest BCUT2D eigenvalue weighted by atomic mass is 9.92. The van der Waals surface area contributed by atoms with E-state index in [1.165, 1.54) is 0 Å². The largest absolute Gasteiger partial charge is 0.504 e. The van der Waals surface area contributed by atoms with Crippen molar-refractivity contribution in [1.29, 1.82) is 0 Å². The second-order valence-corrected chi connectivity index (χ2v) is 12.7. The van der Waals surface area contributed by atoms with Crippen LogP contribution in [-0.4, -0.2) is 91.5 Å². The molecule has 0 spiro atoms. The highest BCUT2D eigenvalue weighted by molar-refractivity contribution is 6.21. The monoisotopic (exact) mass is 791 g/mol. The topological polar surface area (TPSA) is 355 Å². The van der Waals surface area contributed by atoms with Crippen LogP contribution in [0, 0.1) is 0 Å². The second kappa shape index (κ2) is 12.6. The van der Waals surface area contributed by atoms with E-state index < -0.39 is 142 Å². The normalized spacial score (nSPS) is 11.4. The third-order valence-corrected chi connectivity index (χ3v) is 9.40. The zero-order valence-electron chi connectivity index (χ0n) is 28.7. The molecule has 2 aromatic heterocycles. The van der Waals surface area contributed by atoms with E-state index in [1.807, 2.05) is 0 Å². The Bertz CT molecular complexity index is 2940. The molecule has 58 heavy (non-hydrogen) atoms. The summed E-state index contributed by atoms with van der Waals surface area (Å²) in [5.41, 5.74) is -6.06. The molecule has 15 N–H and O–H groups in total. The Labute approximate surface area is 320 Å². The molecule has 292 valence electrons. The first-order chi connectivity index (χ1) is 27.6. The first kappa shape index (κ1) is 36.1. The fourth-order valence-electron chi connectivity index (χ4n) is 6.60. The maximum Gasteiger partial charge on any atom is 0.208 e. The van der Waals surface area contributed by atoms with Crippen molar-refractivity contribution in [2.45, 2.75) is 0 Å². The number of furan rings is 1. The van der Waals surface area contributed by atoms with Crippen molar-refractivity contribution in [2.75, 3.05) is 0 Å². The number of aromatic hydroxyl groups is 15. The average Bonchev–Trinajstić information content (AvgIpc) is 3.64. The van der Waals surface area contributed by atoms with Gasteiger partial charge < -0.3 is 81.0 Å². The van der Waals surface area contributed by atoms with Gasteiger partial charge in [0.2, 0.25) is 23.0 Å². The van der Waals surface area contributed by atoms with Crippen LogP contribution in [0.15, 0.2) is 65.1 Å². The van der Waals surface area contributed by atoms with Gasteiger partial charge in [-0.3, -0.25) is 0 Å². The molecule has 0 fully saturated rings. The third-order valence-electron chi connectivity index (χ3n) is 9.40. The summed E-state index contributed by atoms with van der Waals surface area (Å²) in [6.07, 6.45) is 0. The maximum absolute atomic E-state index is 11.7. The Balaban J connectivity index is 1.44. The van der Waals surface area contributed by atoms with Crippen LogP contribution in [0.4, 0.5) is 0 Å². The maximum atomic E-state index is 11.7. The highest BCUT2D eigenvalue weighted by Gasteiger charge is 2.38. The van der Waals surface area contributed by atoms with Gasteiger partial charge in [0, 0.05) is 11.1 Å². The van der Waals surface area contributed by atoms with Crippen molar-refractivity contribution < 1.29 is 81.0 Å². The molecular formula is C39H25N3O16. The molecule has 0 bridgehead atoms. The Morgan fingerprint density at radius 3 is 1.05 bits per heavy atom. The molecule has 0 radical (unpaired) electrons. The molecule has 6 aromatic carbocycles. The smallest absolute Gasteiger partial charge is 0.208 e. The van der Waals surface area contributed by atoms with Crippen LogP contribution in [0.1, 0.15) is 0 Å².